The van der Waals surface area contributed by atoms with E-state index >= 15 is 0 Å². The second kappa shape index (κ2) is 11.1. The number of hydrogen-bond donors (Lipinski definition) is 0. The molecule has 0 aliphatic heterocycles. The van der Waals surface area contributed by atoms with Crippen molar-refractivity contribution in [2.24, 2.45) is 0 Å². The monoisotopic (exact) mass is 500 g/mol. The van der Waals surface area contributed by atoms with Crippen LogP contribution in [0.15, 0.2) is 12.2 Å². The third kappa shape index (κ3) is 13.5. The van der Waals surface area contributed by atoms with Crippen molar-refractivity contribution in [3.63, 3.8) is 0 Å². The van der Waals surface area contributed by atoms with Crippen LogP contribution in [0.3, 0.4) is 0 Å². The van der Waals surface area contributed by atoms with Crippen molar-refractivity contribution in [2.75, 3.05) is 6.61 Å². The number of ether oxygens (including phenoxy) is 1. The Labute approximate surface area is 180 Å². The van der Waals surface area contributed by atoms with Crippen molar-refractivity contribution in [1.29, 1.82) is 0 Å². The molecular weight excluding hydrogens is 461 g/mol. The highest BCUT2D eigenvalue weighted by atomic mass is 28.5. The Hall–Kier alpha value is 0.311. The molecular formula is C15H40O7Si6. The molecule has 13 heteroatoms. The van der Waals surface area contributed by atoms with E-state index < -0.39 is 55.5 Å². The Morgan fingerprint density at radius 1 is 0.929 bits per heavy atom. The maximum absolute atomic E-state index is 12.0. The first kappa shape index (κ1) is 28.3. The fraction of sp³-hybridized carbons (Fsp3) is 0.800. The van der Waals surface area contributed by atoms with E-state index in [0.717, 1.165) is 0 Å². The lowest BCUT2D eigenvalue weighted by Gasteiger charge is -2.41. The first-order valence-electron chi connectivity index (χ1n) is 9.48. The zero-order valence-electron chi connectivity index (χ0n) is 19.6. The van der Waals surface area contributed by atoms with Crippen LogP contribution in [0.25, 0.3) is 0 Å². The minimum absolute atomic E-state index is 0.152. The van der Waals surface area contributed by atoms with E-state index in [-0.39, 0.29) is 6.61 Å². The standard InChI is InChI=1S/C15H40O7Si6/c1-13(2)15(16)18-14(24-19-23)12-17-28(20-25(3,4)5,21-26(6,7)8)22-27(9,10)11/h14H,1,12,24H2,2-11,23H3. The Kier molecular flexibility index (Phi) is 11.2. The normalized spacial score (nSPS) is 15.2. The quantitative estimate of drug-likeness (QED) is 0.217. The fourth-order valence-corrected chi connectivity index (χ4v) is 15.9. The van der Waals surface area contributed by atoms with Crippen LogP contribution < -0.4 is 0 Å². The summed E-state index contributed by atoms with van der Waals surface area (Å²) in [7, 11) is -10.0. The van der Waals surface area contributed by atoms with Gasteiger partial charge in [-0.3, -0.25) is 0 Å². The zero-order chi connectivity index (χ0) is 22.4. The first-order valence-corrected chi connectivity index (χ1v) is 23.5. The molecule has 1 unspecified atom stereocenters. The lowest BCUT2D eigenvalue weighted by atomic mass is 10.4. The Morgan fingerprint density at radius 3 is 1.61 bits per heavy atom. The van der Waals surface area contributed by atoms with Crippen molar-refractivity contribution in [3.05, 3.63) is 12.2 Å². The smallest absolute Gasteiger partial charge is 0.465 e. The van der Waals surface area contributed by atoms with Gasteiger partial charge < -0.3 is 25.6 Å². The molecule has 28 heavy (non-hydrogen) atoms. The zero-order valence-corrected chi connectivity index (χ0v) is 27.0. The molecule has 0 aliphatic rings. The molecule has 0 rings (SSSR count). The summed E-state index contributed by atoms with van der Waals surface area (Å²) in [5, 5.41) is 0. The molecule has 0 bridgehead atoms. The minimum Gasteiger partial charge on any atom is -0.465 e. The fourth-order valence-electron chi connectivity index (χ4n) is 2.02. The Morgan fingerprint density at radius 2 is 1.32 bits per heavy atom. The van der Waals surface area contributed by atoms with Crippen LogP contribution in [0.5, 0.6) is 0 Å². The van der Waals surface area contributed by atoms with Crippen LogP contribution in [0, 0.1) is 0 Å². The second-order valence-corrected chi connectivity index (χ2v) is 29.7. The van der Waals surface area contributed by atoms with Gasteiger partial charge in [0.2, 0.25) is 0 Å². The Balaban J connectivity index is 5.71. The average Bonchev–Trinajstić information content (AvgIpc) is 2.38. The molecule has 0 aromatic heterocycles. The van der Waals surface area contributed by atoms with Crippen LogP contribution in [0.4, 0.5) is 0 Å². The van der Waals surface area contributed by atoms with E-state index in [9.17, 15) is 4.79 Å². The van der Waals surface area contributed by atoms with Gasteiger partial charge in [0, 0.05) is 5.57 Å². The van der Waals surface area contributed by atoms with Gasteiger partial charge in [-0.25, -0.2) is 4.79 Å². The van der Waals surface area contributed by atoms with Gasteiger partial charge in [0.15, 0.2) is 34.7 Å². The molecule has 7 nitrogen and oxygen atoms in total. The molecule has 0 aromatic rings. The molecule has 0 saturated carbocycles. The van der Waals surface area contributed by atoms with Crippen molar-refractivity contribution in [1.82, 2.24) is 0 Å². The molecule has 0 spiro atoms. The molecule has 0 heterocycles. The second-order valence-electron chi connectivity index (χ2n) is 9.72. The highest BCUT2D eigenvalue weighted by Crippen LogP contribution is 2.27. The van der Waals surface area contributed by atoms with E-state index in [1.807, 2.05) is 0 Å². The molecule has 166 valence electrons. The maximum atomic E-state index is 12.0. The van der Waals surface area contributed by atoms with E-state index in [2.05, 4.69) is 65.5 Å². The number of hydrogen-bond acceptors (Lipinski definition) is 7. The lowest BCUT2D eigenvalue weighted by molar-refractivity contribution is -0.142. The third-order valence-electron chi connectivity index (χ3n) is 2.71. The number of carbonyl (C=O) groups excluding carboxylic acids is 1. The number of carbonyl (C=O) groups is 1. The highest BCUT2D eigenvalue weighted by Gasteiger charge is 2.54. The first-order chi connectivity index (χ1) is 12.4. The molecule has 0 N–H and O–H groups in total. The van der Waals surface area contributed by atoms with Gasteiger partial charge in [0.25, 0.3) is 0 Å². The number of rotatable bonds is 13. The van der Waals surface area contributed by atoms with Crippen LogP contribution in [-0.4, -0.2) is 72.6 Å². The SMILES string of the molecule is C=C(C)C(=O)OC(CO[Si](O[Si](C)(C)C)(O[Si](C)(C)C)O[Si](C)(C)C)[SiH2]O[SiH3]. The van der Waals surface area contributed by atoms with E-state index in [1.165, 1.54) is 0 Å². The summed E-state index contributed by atoms with van der Waals surface area (Å²) in [5.41, 5.74) is -0.0832. The predicted octanol–water partition coefficient (Wildman–Crippen LogP) is 1.82. The van der Waals surface area contributed by atoms with Crippen molar-refractivity contribution in [2.45, 2.75) is 71.6 Å². The molecule has 0 aliphatic carbocycles. The molecule has 0 fully saturated rings. The van der Waals surface area contributed by atoms with E-state index in [4.69, 9.17) is 25.6 Å². The summed E-state index contributed by atoms with van der Waals surface area (Å²) in [6.07, 6.45) is 0. The van der Waals surface area contributed by atoms with E-state index in [0.29, 0.717) is 16.1 Å². The maximum Gasteiger partial charge on any atom is 0.647 e. The Bertz CT molecular complexity index is 484. The topological polar surface area (TPSA) is 72.5 Å². The van der Waals surface area contributed by atoms with Gasteiger partial charge in [-0.15, -0.1) is 0 Å². The summed E-state index contributed by atoms with van der Waals surface area (Å²) in [6, 6.07) is 0. The van der Waals surface area contributed by atoms with Gasteiger partial charge in [-0.05, 0) is 65.8 Å². The average molecular weight is 501 g/mol. The summed E-state index contributed by atoms with van der Waals surface area (Å²) < 4.78 is 36.7. The van der Waals surface area contributed by atoms with Gasteiger partial charge in [-0.2, -0.15) is 0 Å². The van der Waals surface area contributed by atoms with Crippen LogP contribution >= 0.6 is 0 Å². The summed E-state index contributed by atoms with van der Waals surface area (Å²) >= 11 is 0. The summed E-state index contributed by atoms with van der Waals surface area (Å²) in [4.78, 5) is 12.0. The number of esters is 1. The van der Waals surface area contributed by atoms with E-state index in [1.54, 1.807) is 6.92 Å². The van der Waals surface area contributed by atoms with Crippen molar-refractivity contribution < 1.29 is 30.4 Å². The van der Waals surface area contributed by atoms with Gasteiger partial charge >= 0.3 is 15.0 Å². The minimum atomic E-state index is -3.42. The third-order valence-corrected chi connectivity index (χ3v) is 15.7. The van der Waals surface area contributed by atoms with Gasteiger partial charge in [0.05, 0.1) is 6.61 Å². The molecule has 0 saturated heterocycles. The summed E-state index contributed by atoms with van der Waals surface area (Å²) in [5.74, 6) is -0.435. The lowest BCUT2D eigenvalue weighted by Crippen LogP contribution is -2.63. The van der Waals surface area contributed by atoms with Gasteiger partial charge in [0.1, 0.15) is 16.2 Å². The molecule has 0 aromatic carbocycles. The van der Waals surface area contributed by atoms with Gasteiger partial charge in [-0.1, -0.05) is 6.58 Å². The molecule has 0 amide bonds. The highest BCUT2D eigenvalue weighted by molar-refractivity contribution is 6.87. The predicted molar refractivity (Wildman–Crippen MR) is 129 cm³/mol. The largest absolute Gasteiger partial charge is 0.647 e. The van der Waals surface area contributed by atoms with Crippen molar-refractivity contribution >= 4 is 60.2 Å². The molecule has 1 atom stereocenters. The van der Waals surface area contributed by atoms with Crippen LogP contribution in [0.2, 0.25) is 58.9 Å². The van der Waals surface area contributed by atoms with Crippen LogP contribution in [-0.2, 0) is 30.4 Å². The summed E-state index contributed by atoms with van der Waals surface area (Å²) in [6.45, 7) is 24.2. The van der Waals surface area contributed by atoms with Crippen molar-refractivity contribution in [3.8, 4) is 0 Å². The molecule has 0 radical (unpaired) electrons. The van der Waals surface area contributed by atoms with Crippen LogP contribution in [0.1, 0.15) is 6.92 Å².